The minimum absolute atomic E-state index is 0.0868. The van der Waals surface area contributed by atoms with Crippen LogP contribution in [0.25, 0.3) is 0 Å². The predicted octanol–water partition coefficient (Wildman–Crippen LogP) is -1.16. The number of hydrogen-bond donors (Lipinski definition) is 3. The Kier molecular flexibility index (Phi) is 3.65. The van der Waals surface area contributed by atoms with Gasteiger partial charge in [0.25, 0.3) is 0 Å². The fourth-order valence-corrected chi connectivity index (χ4v) is 0.228. The van der Waals surface area contributed by atoms with E-state index in [1.165, 1.54) is 0 Å². The van der Waals surface area contributed by atoms with Gasteiger partial charge >= 0.3 is 5.97 Å². The van der Waals surface area contributed by atoms with Gasteiger partial charge in [0.15, 0.2) is 11.7 Å². The largest absolute Gasteiger partial charge is 0.479 e. The van der Waals surface area contributed by atoms with E-state index in [0.29, 0.717) is 0 Å². The summed E-state index contributed by atoms with van der Waals surface area (Å²) in [6, 6.07) is 0. The summed E-state index contributed by atoms with van der Waals surface area (Å²) < 4.78 is 0. The second-order valence-electron chi connectivity index (χ2n) is 1.15. The number of rotatable bonds is 3. The minimum Gasteiger partial charge on any atom is -0.479 e. The number of carbonyl (C=O) groups is 1. The summed E-state index contributed by atoms with van der Waals surface area (Å²) in [5, 5.41) is 7.89. The van der Waals surface area contributed by atoms with Crippen molar-refractivity contribution in [1.29, 1.82) is 0 Å². The van der Waals surface area contributed by atoms with E-state index in [1.807, 2.05) is 5.48 Å². The highest BCUT2D eigenvalue weighted by molar-refractivity contribution is 7.80. The molecule has 5 nitrogen and oxygen atoms in total. The van der Waals surface area contributed by atoms with Crippen LogP contribution in [0.15, 0.2) is 0 Å². The summed E-state index contributed by atoms with van der Waals surface area (Å²) in [7, 11) is 0. The molecule has 0 aromatic heterocycles. The SMILES string of the molecule is NC(=S)NOCC(=O)O. The molecule has 0 saturated heterocycles. The van der Waals surface area contributed by atoms with Crippen molar-refractivity contribution in [2.45, 2.75) is 0 Å². The van der Waals surface area contributed by atoms with Crippen molar-refractivity contribution < 1.29 is 14.7 Å². The van der Waals surface area contributed by atoms with Crippen LogP contribution in [0.1, 0.15) is 0 Å². The first-order valence-corrected chi connectivity index (χ1v) is 2.43. The van der Waals surface area contributed by atoms with Gasteiger partial charge in [0.05, 0.1) is 0 Å². The first-order chi connectivity index (χ1) is 4.13. The number of hydroxylamine groups is 1. The Morgan fingerprint density at radius 1 is 1.89 bits per heavy atom. The molecule has 9 heavy (non-hydrogen) atoms. The molecule has 0 unspecified atom stereocenters. The van der Waals surface area contributed by atoms with Crippen LogP contribution in [0, 0.1) is 0 Å². The van der Waals surface area contributed by atoms with Crippen LogP contribution < -0.4 is 11.2 Å². The highest BCUT2D eigenvalue weighted by Gasteiger charge is 1.94. The van der Waals surface area contributed by atoms with Gasteiger partial charge in [-0.05, 0) is 12.2 Å². The molecule has 0 atom stereocenters. The fraction of sp³-hybridized carbons (Fsp3) is 0.333. The van der Waals surface area contributed by atoms with E-state index < -0.39 is 12.6 Å². The van der Waals surface area contributed by atoms with E-state index in [0.717, 1.165) is 0 Å². The average molecular weight is 150 g/mol. The average Bonchev–Trinajstić information content (AvgIpc) is 1.63. The van der Waals surface area contributed by atoms with Crippen LogP contribution in [0.4, 0.5) is 0 Å². The van der Waals surface area contributed by atoms with Crippen LogP contribution in [0.5, 0.6) is 0 Å². The van der Waals surface area contributed by atoms with Gasteiger partial charge in [-0.3, -0.25) is 4.84 Å². The monoisotopic (exact) mass is 150 g/mol. The zero-order valence-corrected chi connectivity index (χ0v) is 5.27. The molecule has 0 bridgehead atoms. The van der Waals surface area contributed by atoms with Crippen molar-refractivity contribution in [3.63, 3.8) is 0 Å². The number of hydrogen-bond acceptors (Lipinski definition) is 3. The lowest BCUT2D eigenvalue weighted by Crippen LogP contribution is -2.31. The Morgan fingerprint density at radius 2 is 2.44 bits per heavy atom. The van der Waals surface area contributed by atoms with Crippen LogP contribution in [0.3, 0.4) is 0 Å². The molecule has 0 radical (unpaired) electrons. The number of carboxylic acid groups (broad SMARTS) is 1. The molecular formula is C3H6N2O3S. The molecule has 0 saturated carbocycles. The van der Waals surface area contributed by atoms with Crippen molar-refractivity contribution in [3.05, 3.63) is 0 Å². The van der Waals surface area contributed by atoms with Gasteiger partial charge in [0.2, 0.25) is 0 Å². The zero-order valence-electron chi connectivity index (χ0n) is 4.46. The smallest absolute Gasteiger partial charge is 0.332 e. The molecule has 0 spiro atoms. The summed E-state index contributed by atoms with van der Waals surface area (Å²) in [4.78, 5) is 14.0. The molecule has 0 heterocycles. The molecular weight excluding hydrogens is 144 g/mol. The van der Waals surface area contributed by atoms with Crippen LogP contribution in [-0.4, -0.2) is 22.8 Å². The van der Waals surface area contributed by atoms with Crippen molar-refractivity contribution in [2.24, 2.45) is 5.73 Å². The highest BCUT2D eigenvalue weighted by Crippen LogP contribution is 1.66. The minimum atomic E-state index is -1.08. The third kappa shape index (κ3) is 7.12. The fourth-order valence-electron chi connectivity index (χ4n) is 0.169. The lowest BCUT2D eigenvalue weighted by Gasteiger charge is -1.99. The highest BCUT2D eigenvalue weighted by atomic mass is 32.1. The van der Waals surface area contributed by atoms with Crippen molar-refractivity contribution in [3.8, 4) is 0 Å². The molecule has 0 aromatic rings. The predicted molar refractivity (Wildman–Crippen MR) is 33.5 cm³/mol. The standard InChI is InChI=1S/C3H6N2O3S/c4-3(9)5-8-1-2(6)7/h1H2,(H,6,7)(H3,4,5,9). The third-order valence-corrected chi connectivity index (χ3v) is 0.452. The molecule has 0 aliphatic rings. The van der Waals surface area contributed by atoms with Crippen molar-refractivity contribution >= 4 is 23.3 Å². The zero-order chi connectivity index (χ0) is 7.28. The molecule has 52 valence electrons. The Morgan fingerprint density at radius 3 is 2.78 bits per heavy atom. The van der Waals surface area contributed by atoms with E-state index in [9.17, 15) is 4.79 Å². The van der Waals surface area contributed by atoms with Gasteiger partial charge in [-0.15, -0.1) is 0 Å². The summed E-state index contributed by atoms with van der Waals surface area (Å²) in [5.74, 6) is -1.08. The normalized spacial score (nSPS) is 8.44. The Hall–Kier alpha value is -0.880. The van der Waals surface area contributed by atoms with Gasteiger partial charge in [-0.2, -0.15) is 0 Å². The van der Waals surface area contributed by atoms with Crippen LogP contribution >= 0.6 is 12.2 Å². The van der Waals surface area contributed by atoms with E-state index >= 15 is 0 Å². The summed E-state index contributed by atoms with van der Waals surface area (Å²) >= 11 is 4.30. The van der Waals surface area contributed by atoms with Gasteiger partial charge in [-0.1, -0.05) is 0 Å². The van der Waals surface area contributed by atoms with Crippen LogP contribution in [0.2, 0.25) is 0 Å². The first-order valence-electron chi connectivity index (χ1n) is 2.02. The molecule has 6 heteroatoms. The number of aliphatic carboxylic acids is 1. The molecule has 4 N–H and O–H groups in total. The number of nitrogens with one attached hydrogen (secondary N) is 1. The number of nitrogens with two attached hydrogens (primary N) is 1. The first kappa shape index (κ1) is 8.12. The molecule has 0 fully saturated rings. The maximum atomic E-state index is 9.73. The number of thiocarbonyl (C=S) groups is 1. The second kappa shape index (κ2) is 4.04. The molecule has 0 rings (SSSR count). The Labute approximate surface area is 56.7 Å². The summed E-state index contributed by atoms with van der Waals surface area (Å²) in [5.41, 5.74) is 6.89. The summed E-state index contributed by atoms with van der Waals surface area (Å²) in [6.07, 6.45) is 0. The Bertz CT molecular complexity index is 112. The van der Waals surface area contributed by atoms with E-state index in [4.69, 9.17) is 10.8 Å². The Balaban J connectivity index is 3.10. The lowest BCUT2D eigenvalue weighted by molar-refractivity contribution is -0.143. The molecule has 0 aliphatic heterocycles. The quantitative estimate of drug-likeness (QED) is 0.347. The molecule has 0 aromatic carbocycles. The van der Waals surface area contributed by atoms with Gasteiger partial charge in [-0.25, -0.2) is 10.3 Å². The van der Waals surface area contributed by atoms with Crippen molar-refractivity contribution in [2.75, 3.05) is 6.61 Å². The third-order valence-electron chi connectivity index (χ3n) is 0.368. The van der Waals surface area contributed by atoms with E-state index in [2.05, 4.69) is 17.1 Å². The molecule has 0 amide bonds. The van der Waals surface area contributed by atoms with E-state index in [-0.39, 0.29) is 5.11 Å². The topological polar surface area (TPSA) is 84.6 Å². The van der Waals surface area contributed by atoms with Crippen molar-refractivity contribution in [1.82, 2.24) is 5.48 Å². The second-order valence-corrected chi connectivity index (χ2v) is 1.59. The molecule has 0 aliphatic carbocycles. The maximum Gasteiger partial charge on any atom is 0.332 e. The summed E-state index contributed by atoms with van der Waals surface area (Å²) in [6.45, 7) is -0.461. The van der Waals surface area contributed by atoms with Crippen LogP contribution in [-0.2, 0) is 9.63 Å². The van der Waals surface area contributed by atoms with E-state index in [1.54, 1.807) is 0 Å². The van der Waals surface area contributed by atoms with Gasteiger partial charge in [0, 0.05) is 0 Å². The van der Waals surface area contributed by atoms with Gasteiger partial charge < -0.3 is 10.8 Å². The lowest BCUT2D eigenvalue weighted by atomic mass is 10.8. The maximum absolute atomic E-state index is 9.73. The van der Waals surface area contributed by atoms with Gasteiger partial charge in [0.1, 0.15) is 0 Å². The number of carboxylic acids is 1.